The first kappa shape index (κ1) is 13.3. The molecule has 2 rings (SSSR count). The summed E-state index contributed by atoms with van der Waals surface area (Å²) in [4.78, 5) is 16.5. The Bertz CT molecular complexity index is 628. The summed E-state index contributed by atoms with van der Waals surface area (Å²) in [7, 11) is 0. The minimum atomic E-state index is -0.128. The fraction of sp³-hybridized carbons (Fsp3) is 0.357. The van der Waals surface area contributed by atoms with Crippen LogP contribution in [0.1, 0.15) is 35.1 Å². The number of rotatable bonds is 4. The van der Waals surface area contributed by atoms with Crippen molar-refractivity contribution >= 4 is 11.6 Å². The van der Waals surface area contributed by atoms with Crippen molar-refractivity contribution in [3.05, 3.63) is 41.4 Å². The lowest BCUT2D eigenvalue weighted by molar-refractivity contribution is 0.0956. The number of amides is 1. The van der Waals surface area contributed by atoms with Crippen LogP contribution in [0.3, 0.4) is 0 Å². The molecule has 0 aliphatic rings. The first-order chi connectivity index (χ1) is 9.13. The van der Waals surface area contributed by atoms with Gasteiger partial charge in [-0.3, -0.25) is 4.79 Å². The van der Waals surface area contributed by atoms with Crippen LogP contribution in [0.4, 0.5) is 0 Å². The first-order valence-electron chi connectivity index (χ1n) is 6.35. The lowest BCUT2D eigenvalue weighted by atomic mass is 10.3. The molecule has 1 N–H and O–H groups in total. The summed E-state index contributed by atoms with van der Waals surface area (Å²) in [5.41, 5.74) is 2.98. The number of aromatic nitrogens is 3. The van der Waals surface area contributed by atoms with Gasteiger partial charge in [-0.2, -0.15) is 5.10 Å². The third-order valence-electron chi connectivity index (χ3n) is 2.85. The Morgan fingerprint density at radius 1 is 1.47 bits per heavy atom. The summed E-state index contributed by atoms with van der Waals surface area (Å²) in [5.74, 6) is -0.128. The predicted octanol–water partition coefficient (Wildman–Crippen LogP) is 2.04. The second-order valence-electron chi connectivity index (χ2n) is 4.45. The molecule has 0 radical (unpaired) electrons. The fourth-order valence-corrected chi connectivity index (χ4v) is 1.96. The monoisotopic (exact) mass is 258 g/mol. The number of carbonyl (C=O) groups excluding carboxylic acids is 1. The molecule has 0 aliphatic carbocycles. The Balaban J connectivity index is 2.23. The molecular formula is C14H18N4O. The summed E-state index contributed by atoms with van der Waals surface area (Å²) < 4.78 is 1.69. The topological polar surface area (TPSA) is 59.3 Å². The third kappa shape index (κ3) is 2.81. The van der Waals surface area contributed by atoms with Crippen molar-refractivity contribution in [2.75, 3.05) is 6.54 Å². The van der Waals surface area contributed by atoms with Gasteiger partial charge in [0.1, 0.15) is 5.56 Å². The summed E-state index contributed by atoms with van der Waals surface area (Å²) in [6, 6.07) is 1.94. The largest absolute Gasteiger partial charge is 0.352 e. The van der Waals surface area contributed by atoms with Crippen LogP contribution in [0.5, 0.6) is 0 Å². The van der Waals surface area contributed by atoms with Gasteiger partial charge in [-0.1, -0.05) is 12.2 Å². The van der Waals surface area contributed by atoms with Crippen LogP contribution in [0, 0.1) is 13.8 Å². The normalized spacial score (nSPS) is 11.3. The van der Waals surface area contributed by atoms with Gasteiger partial charge in [-0.25, -0.2) is 9.50 Å². The maximum Gasteiger partial charge on any atom is 0.256 e. The molecule has 0 saturated heterocycles. The summed E-state index contributed by atoms with van der Waals surface area (Å²) >= 11 is 0. The van der Waals surface area contributed by atoms with E-state index in [1.54, 1.807) is 10.7 Å². The number of hydrogen-bond donors (Lipinski definition) is 1. The molecular weight excluding hydrogens is 240 g/mol. The van der Waals surface area contributed by atoms with Crippen LogP contribution in [-0.4, -0.2) is 27.0 Å². The van der Waals surface area contributed by atoms with Gasteiger partial charge >= 0.3 is 0 Å². The summed E-state index contributed by atoms with van der Waals surface area (Å²) in [6.07, 6.45) is 6.38. The maximum atomic E-state index is 12.1. The van der Waals surface area contributed by atoms with E-state index < -0.39 is 0 Å². The van der Waals surface area contributed by atoms with Gasteiger partial charge in [0, 0.05) is 17.9 Å². The van der Waals surface area contributed by atoms with E-state index >= 15 is 0 Å². The number of hydrogen-bond acceptors (Lipinski definition) is 3. The van der Waals surface area contributed by atoms with Gasteiger partial charge < -0.3 is 5.32 Å². The van der Waals surface area contributed by atoms with Crippen LogP contribution < -0.4 is 5.32 Å². The molecule has 0 saturated carbocycles. The first-order valence-corrected chi connectivity index (χ1v) is 6.35. The molecule has 0 bridgehead atoms. The van der Waals surface area contributed by atoms with Gasteiger partial charge in [0.2, 0.25) is 0 Å². The van der Waals surface area contributed by atoms with Crippen molar-refractivity contribution in [2.24, 2.45) is 0 Å². The molecule has 0 aliphatic heterocycles. The Hall–Kier alpha value is -2.17. The molecule has 0 fully saturated rings. The molecule has 19 heavy (non-hydrogen) atoms. The molecule has 1 amide bonds. The second kappa shape index (κ2) is 5.65. The van der Waals surface area contributed by atoms with E-state index in [0.717, 1.165) is 17.8 Å². The van der Waals surface area contributed by atoms with E-state index in [4.69, 9.17) is 0 Å². The highest BCUT2D eigenvalue weighted by molar-refractivity contribution is 5.99. The van der Waals surface area contributed by atoms with E-state index in [1.165, 1.54) is 0 Å². The molecule has 0 spiro atoms. The van der Waals surface area contributed by atoms with Gasteiger partial charge in [0.05, 0.1) is 6.20 Å². The zero-order chi connectivity index (χ0) is 13.8. The van der Waals surface area contributed by atoms with Crippen molar-refractivity contribution in [1.29, 1.82) is 0 Å². The number of allylic oxidation sites excluding steroid dienone is 1. The second-order valence-corrected chi connectivity index (χ2v) is 4.45. The average molecular weight is 258 g/mol. The average Bonchev–Trinajstić information content (AvgIpc) is 2.78. The van der Waals surface area contributed by atoms with Gasteiger partial charge in [0.15, 0.2) is 5.65 Å². The van der Waals surface area contributed by atoms with E-state index in [-0.39, 0.29) is 5.91 Å². The number of nitrogens with one attached hydrogen (secondary N) is 1. The Kier molecular flexibility index (Phi) is 3.94. The molecule has 0 unspecified atom stereocenters. The highest BCUT2D eigenvalue weighted by atomic mass is 16.1. The SMILES string of the molecule is C/C=C/CCNC(=O)c1cnn2c(C)cc(C)nc12. The molecule has 0 atom stereocenters. The number of carbonyl (C=O) groups is 1. The quantitative estimate of drug-likeness (QED) is 0.674. The van der Waals surface area contributed by atoms with Crippen molar-refractivity contribution in [3.63, 3.8) is 0 Å². The minimum absolute atomic E-state index is 0.128. The summed E-state index contributed by atoms with van der Waals surface area (Å²) in [5, 5.41) is 7.07. The van der Waals surface area contributed by atoms with Crippen LogP contribution in [0.2, 0.25) is 0 Å². The van der Waals surface area contributed by atoms with Crippen molar-refractivity contribution in [1.82, 2.24) is 19.9 Å². The predicted molar refractivity (Wildman–Crippen MR) is 74.2 cm³/mol. The molecule has 2 aromatic rings. The molecule has 100 valence electrons. The van der Waals surface area contributed by atoms with Crippen molar-refractivity contribution in [2.45, 2.75) is 27.2 Å². The van der Waals surface area contributed by atoms with Crippen LogP contribution >= 0.6 is 0 Å². The van der Waals surface area contributed by atoms with Crippen molar-refractivity contribution in [3.8, 4) is 0 Å². The number of aryl methyl sites for hydroxylation is 2. The van der Waals surface area contributed by atoms with E-state index in [0.29, 0.717) is 17.8 Å². The smallest absolute Gasteiger partial charge is 0.256 e. The zero-order valence-corrected chi connectivity index (χ0v) is 11.5. The minimum Gasteiger partial charge on any atom is -0.352 e. The molecule has 5 nitrogen and oxygen atoms in total. The molecule has 5 heteroatoms. The summed E-state index contributed by atoms with van der Waals surface area (Å²) in [6.45, 7) is 6.43. The van der Waals surface area contributed by atoms with Gasteiger partial charge in [-0.15, -0.1) is 0 Å². The molecule has 2 heterocycles. The maximum absolute atomic E-state index is 12.1. The standard InChI is InChI=1S/C14H18N4O/c1-4-5-6-7-15-14(19)12-9-16-18-11(3)8-10(2)17-13(12)18/h4-5,8-9H,6-7H2,1-3H3,(H,15,19)/b5-4+. The number of nitrogens with zero attached hydrogens (tertiary/aromatic N) is 3. The van der Waals surface area contributed by atoms with Gasteiger partial charge in [-0.05, 0) is 33.3 Å². The Morgan fingerprint density at radius 3 is 3.00 bits per heavy atom. The van der Waals surface area contributed by atoms with E-state index in [1.807, 2.05) is 39.0 Å². The number of fused-ring (bicyclic) bond motifs is 1. The highest BCUT2D eigenvalue weighted by Crippen LogP contribution is 2.11. The fourth-order valence-electron chi connectivity index (χ4n) is 1.96. The van der Waals surface area contributed by atoms with Gasteiger partial charge in [0.25, 0.3) is 5.91 Å². The van der Waals surface area contributed by atoms with Crippen molar-refractivity contribution < 1.29 is 4.79 Å². The van der Waals surface area contributed by atoms with E-state index in [2.05, 4.69) is 15.4 Å². The zero-order valence-electron chi connectivity index (χ0n) is 11.5. The molecule has 2 aromatic heterocycles. The Labute approximate surface area is 112 Å². The lowest BCUT2D eigenvalue weighted by Gasteiger charge is -2.03. The third-order valence-corrected chi connectivity index (χ3v) is 2.85. The van der Waals surface area contributed by atoms with E-state index in [9.17, 15) is 4.79 Å². The lowest BCUT2D eigenvalue weighted by Crippen LogP contribution is -2.24. The van der Waals surface area contributed by atoms with Crippen LogP contribution in [0.25, 0.3) is 5.65 Å². The highest BCUT2D eigenvalue weighted by Gasteiger charge is 2.14. The van der Waals surface area contributed by atoms with Crippen LogP contribution in [-0.2, 0) is 0 Å². The van der Waals surface area contributed by atoms with Crippen LogP contribution in [0.15, 0.2) is 24.4 Å². The Morgan fingerprint density at radius 2 is 2.26 bits per heavy atom. The molecule has 0 aromatic carbocycles.